The molecule has 1 aliphatic carbocycles. The summed E-state index contributed by atoms with van der Waals surface area (Å²) in [5, 5.41) is 8.18. The third kappa shape index (κ3) is 6.09. The number of benzene rings is 8. The molecule has 0 aliphatic heterocycles. The van der Waals surface area contributed by atoms with Gasteiger partial charge in [0, 0.05) is 64.0 Å². The van der Waals surface area contributed by atoms with Gasteiger partial charge in [-0.15, -0.1) is 11.3 Å². The molecular weight excluding hydrogens is 801 g/mol. The maximum atomic E-state index is 6.44. The fourth-order valence-corrected chi connectivity index (χ4v) is 10.6. The minimum atomic E-state index is 0.546. The van der Waals surface area contributed by atoms with Crippen LogP contribution in [0.4, 0.5) is 0 Å². The van der Waals surface area contributed by atoms with Crippen molar-refractivity contribution in [2.24, 2.45) is 0 Å². The van der Waals surface area contributed by atoms with Gasteiger partial charge in [-0.3, -0.25) is 4.57 Å². The molecule has 5 nitrogen and oxygen atoms in total. The van der Waals surface area contributed by atoms with E-state index in [1.54, 1.807) is 0 Å². The molecule has 4 heterocycles. The molecule has 0 fully saturated rings. The SMILES string of the molecule is C1=Cc2oc3cc(-c4nc(-c5ccccc5)nc(-n5c6c(-c7cccc(-c8cccc9c8sc8ccccc89)c7)cccc6c6ccc7ccccc7c65)n4)ccc3c2C=CC1.CC. The average Bonchev–Trinajstić information content (AvgIpc) is 3.97. The number of fused-ring (bicyclic) bond motifs is 11. The Morgan fingerprint density at radius 2 is 1.14 bits per heavy atom. The van der Waals surface area contributed by atoms with Gasteiger partial charge in [0.05, 0.1) is 11.0 Å². The van der Waals surface area contributed by atoms with Gasteiger partial charge in [0.2, 0.25) is 5.95 Å². The van der Waals surface area contributed by atoms with E-state index in [1.165, 1.54) is 31.3 Å². The van der Waals surface area contributed by atoms with E-state index in [0.29, 0.717) is 17.6 Å². The largest absolute Gasteiger partial charge is 0.456 e. The number of rotatable bonds is 5. The molecule has 0 N–H and O–H groups in total. The third-order valence-electron chi connectivity index (χ3n) is 12.3. The smallest absolute Gasteiger partial charge is 0.238 e. The highest BCUT2D eigenvalue weighted by atomic mass is 32.1. The molecule has 0 amide bonds. The molecule has 0 spiro atoms. The topological polar surface area (TPSA) is 56.7 Å². The molecule has 1 aliphatic rings. The standard InChI is InChI=1S/C56H34N4OS.C2H6/c1-3-15-35(16-4-1)54-57-55(38-29-30-43-42-20-5-2-6-26-48(42)61-49(43)33-38)59-56(58-54)60-51-39-19-8-7-14-34(39)28-31-46(51)45-24-12-22-40(52(45)60)36-17-11-18-37(32-36)41-23-13-25-47-44-21-9-10-27-50(44)62-53(41)47;1-2/h1,3-33H,2H2;1-2H3. The molecular formula is C58H40N4OS. The number of nitrogens with zero attached hydrogens (tertiary/aromatic N) is 4. The molecule has 8 aromatic carbocycles. The molecule has 0 bridgehead atoms. The Morgan fingerprint density at radius 3 is 2.02 bits per heavy atom. The first-order valence-corrected chi connectivity index (χ1v) is 22.7. The minimum Gasteiger partial charge on any atom is -0.456 e. The summed E-state index contributed by atoms with van der Waals surface area (Å²) >= 11 is 1.86. The normalized spacial score (nSPS) is 12.3. The quantitative estimate of drug-likeness (QED) is 0.173. The molecule has 4 aromatic heterocycles. The lowest BCUT2D eigenvalue weighted by molar-refractivity contribution is 0.603. The van der Waals surface area contributed by atoms with Gasteiger partial charge in [0.15, 0.2) is 11.6 Å². The first kappa shape index (κ1) is 37.8. The van der Waals surface area contributed by atoms with Crippen LogP contribution in [0.3, 0.4) is 0 Å². The molecule has 12 aromatic rings. The molecule has 0 unspecified atom stereocenters. The van der Waals surface area contributed by atoms with Crippen molar-refractivity contribution < 1.29 is 4.42 Å². The monoisotopic (exact) mass is 840 g/mol. The van der Waals surface area contributed by atoms with Crippen LogP contribution in [-0.2, 0) is 0 Å². The predicted molar refractivity (Wildman–Crippen MR) is 270 cm³/mol. The van der Waals surface area contributed by atoms with Crippen LogP contribution in [0.15, 0.2) is 186 Å². The van der Waals surface area contributed by atoms with Crippen molar-refractivity contribution >= 4 is 87.2 Å². The number of hydrogen-bond donors (Lipinski definition) is 0. The van der Waals surface area contributed by atoms with Crippen molar-refractivity contribution in [3.05, 3.63) is 193 Å². The van der Waals surface area contributed by atoms with Crippen molar-refractivity contribution in [3.8, 4) is 51.0 Å². The summed E-state index contributed by atoms with van der Waals surface area (Å²) in [7, 11) is 0. The van der Waals surface area contributed by atoms with Gasteiger partial charge < -0.3 is 4.42 Å². The van der Waals surface area contributed by atoms with Crippen molar-refractivity contribution in [2.75, 3.05) is 0 Å². The fourth-order valence-electron chi connectivity index (χ4n) is 9.41. The van der Waals surface area contributed by atoms with Crippen molar-refractivity contribution in [2.45, 2.75) is 20.3 Å². The molecule has 13 rings (SSSR count). The summed E-state index contributed by atoms with van der Waals surface area (Å²) in [6.45, 7) is 4.00. The van der Waals surface area contributed by atoms with E-state index in [4.69, 9.17) is 19.4 Å². The molecule has 0 atom stereocenters. The zero-order chi connectivity index (χ0) is 42.7. The van der Waals surface area contributed by atoms with E-state index < -0.39 is 0 Å². The Hall–Kier alpha value is -7.93. The van der Waals surface area contributed by atoms with Gasteiger partial charge in [-0.1, -0.05) is 178 Å². The summed E-state index contributed by atoms with van der Waals surface area (Å²) in [5.74, 6) is 2.57. The van der Waals surface area contributed by atoms with Gasteiger partial charge in [0.25, 0.3) is 0 Å². The maximum Gasteiger partial charge on any atom is 0.238 e. The lowest BCUT2D eigenvalue weighted by Gasteiger charge is -2.14. The van der Waals surface area contributed by atoms with Crippen LogP contribution in [0.5, 0.6) is 0 Å². The fraction of sp³-hybridized carbons (Fsp3) is 0.0517. The second-order valence-electron chi connectivity index (χ2n) is 15.9. The molecule has 6 heteroatoms. The Kier molecular flexibility index (Phi) is 9.13. The lowest BCUT2D eigenvalue weighted by atomic mass is 9.96. The summed E-state index contributed by atoms with van der Waals surface area (Å²) in [4.78, 5) is 15.9. The summed E-state index contributed by atoms with van der Waals surface area (Å²) < 4.78 is 11.3. The zero-order valence-electron chi connectivity index (χ0n) is 35.3. The van der Waals surface area contributed by atoms with Gasteiger partial charge in [-0.25, -0.2) is 4.98 Å². The van der Waals surface area contributed by atoms with Crippen LogP contribution >= 0.6 is 11.3 Å². The second-order valence-corrected chi connectivity index (χ2v) is 16.9. The van der Waals surface area contributed by atoms with Crippen LogP contribution in [0.1, 0.15) is 31.6 Å². The first-order chi connectivity index (χ1) is 31.7. The summed E-state index contributed by atoms with van der Waals surface area (Å²) in [6, 6.07) is 60.5. The minimum absolute atomic E-state index is 0.546. The summed E-state index contributed by atoms with van der Waals surface area (Å²) in [6.07, 6.45) is 9.39. The van der Waals surface area contributed by atoms with E-state index >= 15 is 0 Å². The van der Waals surface area contributed by atoms with Gasteiger partial charge in [-0.05, 0) is 58.8 Å². The summed E-state index contributed by atoms with van der Waals surface area (Å²) in [5.41, 5.74) is 10.4. The molecule has 0 saturated heterocycles. The van der Waals surface area contributed by atoms with Crippen LogP contribution < -0.4 is 0 Å². The second kappa shape index (κ2) is 15.5. The lowest BCUT2D eigenvalue weighted by Crippen LogP contribution is -2.07. The van der Waals surface area contributed by atoms with E-state index in [1.807, 2.05) is 43.4 Å². The first-order valence-electron chi connectivity index (χ1n) is 21.9. The van der Waals surface area contributed by atoms with E-state index in [9.17, 15) is 0 Å². The van der Waals surface area contributed by atoms with Crippen molar-refractivity contribution in [1.29, 1.82) is 0 Å². The number of para-hydroxylation sites is 1. The number of aromatic nitrogens is 4. The number of hydrogen-bond acceptors (Lipinski definition) is 5. The number of furan rings is 1. The van der Waals surface area contributed by atoms with Crippen molar-refractivity contribution in [3.63, 3.8) is 0 Å². The molecule has 0 saturated carbocycles. The molecule has 304 valence electrons. The highest BCUT2D eigenvalue weighted by Crippen LogP contribution is 2.44. The maximum absolute atomic E-state index is 6.44. The Bertz CT molecular complexity index is 3850. The van der Waals surface area contributed by atoms with Gasteiger partial charge in [0.1, 0.15) is 11.3 Å². The predicted octanol–water partition coefficient (Wildman–Crippen LogP) is 16.4. The van der Waals surface area contributed by atoms with E-state index in [2.05, 4.69) is 181 Å². The average molecular weight is 841 g/mol. The molecule has 64 heavy (non-hydrogen) atoms. The van der Waals surface area contributed by atoms with E-state index in [0.717, 1.165) is 83.5 Å². The van der Waals surface area contributed by atoms with Crippen LogP contribution in [0, 0.1) is 0 Å². The van der Waals surface area contributed by atoms with Gasteiger partial charge in [-0.2, -0.15) is 9.97 Å². The highest BCUT2D eigenvalue weighted by molar-refractivity contribution is 7.26. The Labute approximate surface area is 373 Å². The third-order valence-corrected chi connectivity index (χ3v) is 13.5. The zero-order valence-corrected chi connectivity index (χ0v) is 36.1. The highest BCUT2D eigenvalue weighted by Gasteiger charge is 2.23. The Balaban J connectivity index is 0.00000214. The van der Waals surface area contributed by atoms with Crippen LogP contribution in [0.2, 0.25) is 0 Å². The van der Waals surface area contributed by atoms with Crippen molar-refractivity contribution in [1.82, 2.24) is 19.5 Å². The number of thiophene rings is 1. The van der Waals surface area contributed by atoms with Crippen LogP contribution in [-0.4, -0.2) is 19.5 Å². The van der Waals surface area contributed by atoms with Gasteiger partial charge >= 0.3 is 0 Å². The van der Waals surface area contributed by atoms with Crippen LogP contribution in [0.25, 0.3) is 127 Å². The number of allylic oxidation sites excluding steroid dienone is 2. The van der Waals surface area contributed by atoms with E-state index in [-0.39, 0.29) is 0 Å². The molecule has 0 radical (unpaired) electrons. The Morgan fingerprint density at radius 1 is 0.484 bits per heavy atom.